The average Bonchev–Trinajstić information content (AvgIpc) is 3.58. The molecule has 0 radical (unpaired) electrons. The van der Waals surface area contributed by atoms with E-state index in [0.29, 0.717) is 39.6 Å². The quantitative estimate of drug-likeness (QED) is 0.366. The number of H-pyrrole nitrogens is 2. The molecule has 0 spiro atoms. The summed E-state index contributed by atoms with van der Waals surface area (Å²) in [6, 6.07) is 7.38. The Labute approximate surface area is 186 Å². The van der Waals surface area contributed by atoms with Crippen molar-refractivity contribution in [3.63, 3.8) is 0 Å². The van der Waals surface area contributed by atoms with Crippen molar-refractivity contribution in [1.82, 2.24) is 35.7 Å². The molecule has 168 valence electrons. The standard InChI is InChI=1S/C23H21F2N7O/c24-19(25)9-16-15-8-12(22-31-32-23(33-22)13-2-1-6-26-10-13)3-4-18(15)29-20(16)14-5-7-27-21-17(14)11-28-30-21/h3-5,7-8,11,13,19,26,29H,1-2,6,9-10H2,(H,27,28,30)/t13-/m1/s1. The average molecular weight is 449 g/mol. The number of hydrogen-bond donors (Lipinski definition) is 3. The Morgan fingerprint density at radius 1 is 1.15 bits per heavy atom. The van der Waals surface area contributed by atoms with E-state index in [2.05, 4.69) is 35.7 Å². The Morgan fingerprint density at radius 2 is 2.09 bits per heavy atom. The van der Waals surface area contributed by atoms with Crippen molar-refractivity contribution >= 4 is 21.9 Å². The molecule has 4 aromatic heterocycles. The van der Waals surface area contributed by atoms with E-state index >= 15 is 0 Å². The SMILES string of the molecule is FC(F)Cc1c(-c2ccnc3[nH]ncc23)[nH]c2ccc(-c3nnc([C@@H]4CCCNC4)o3)cc12. The summed E-state index contributed by atoms with van der Waals surface area (Å²) >= 11 is 0. The summed E-state index contributed by atoms with van der Waals surface area (Å²) in [6.07, 6.45) is 2.48. The number of aromatic nitrogens is 6. The van der Waals surface area contributed by atoms with Crippen LogP contribution in [0.15, 0.2) is 41.1 Å². The van der Waals surface area contributed by atoms with Crippen LogP contribution >= 0.6 is 0 Å². The Morgan fingerprint density at radius 3 is 2.94 bits per heavy atom. The molecule has 1 aliphatic rings. The highest BCUT2D eigenvalue weighted by Crippen LogP contribution is 2.37. The number of hydrogen-bond acceptors (Lipinski definition) is 6. The van der Waals surface area contributed by atoms with Crippen molar-refractivity contribution in [2.24, 2.45) is 0 Å². The summed E-state index contributed by atoms with van der Waals surface area (Å²) < 4.78 is 33.2. The number of nitrogens with zero attached hydrogens (tertiary/aromatic N) is 4. The summed E-state index contributed by atoms with van der Waals surface area (Å²) in [7, 11) is 0. The van der Waals surface area contributed by atoms with Crippen LogP contribution in [0, 0.1) is 0 Å². The maximum absolute atomic E-state index is 13.6. The highest BCUT2D eigenvalue weighted by Gasteiger charge is 2.23. The molecule has 5 aromatic rings. The molecular weight excluding hydrogens is 428 g/mol. The van der Waals surface area contributed by atoms with Gasteiger partial charge in [-0.3, -0.25) is 5.10 Å². The number of rotatable bonds is 5. The molecule has 0 saturated carbocycles. The normalized spacial score (nSPS) is 16.9. The van der Waals surface area contributed by atoms with Gasteiger partial charge < -0.3 is 14.7 Å². The Kier molecular flexibility index (Phi) is 4.87. The molecule has 3 N–H and O–H groups in total. The van der Waals surface area contributed by atoms with Gasteiger partial charge in [-0.1, -0.05) is 0 Å². The summed E-state index contributed by atoms with van der Waals surface area (Å²) in [5.41, 5.74) is 4.00. The minimum atomic E-state index is -2.50. The zero-order chi connectivity index (χ0) is 22.4. The second kappa shape index (κ2) is 8.04. The molecule has 1 atom stereocenters. The first-order chi connectivity index (χ1) is 16.2. The molecule has 1 aromatic carbocycles. The molecule has 33 heavy (non-hydrogen) atoms. The molecule has 5 heterocycles. The number of benzene rings is 1. The van der Waals surface area contributed by atoms with Crippen molar-refractivity contribution in [2.45, 2.75) is 31.6 Å². The zero-order valence-corrected chi connectivity index (χ0v) is 17.6. The van der Waals surface area contributed by atoms with E-state index in [1.807, 2.05) is 18.2 Å². The van der Waals surface area contributed by atoms with Crippen LogP contribution in [-0.2, 0) is 6.42 Å². The number of alkyl halides is 2. The van der Waals surface area contributed by atoms with Gasteiger partial charge in [0.25, 0.3) is 0 Å². The summed E-state index contributed by atoms with van der Waals surface area (Å²) in [6.45, 7) is 1.81. The topological polar surface area (TPSA) is 108 Å². The maximum atomic E-state index is 13.6. The van der Waals surface area contributed by atoms with Gasteiger partial charge in [0.05, 0.1) is 11.9 Å². The lowest BCUT2D eigenvalue weighted by Crippen LogP contribution is -2.28. The smallest absolute Gasteiger partial charge is 0.247 e. The minimum absolute atomic E-state index is 0.195. The molecule has 0 aliphatic carbocycles. The molecule has 0 unspecified atom stereocenters. The Bertz CT molecular complexity index is 1430. The van der Waals surface area contributed by atoms with Crippen LogP contribution < -0.4 is 5.32 Å². The lowest BCUT2D eigenvalue weighted by molar-refractivity contribution is 0.149. The largest absolute Gasteiger partial charge is 0.420 e. The monoisotopic (exact) mass is 449 g/mol. The molecule has 1 saturated heterocycles. The summed E-state index contributed by atoms with van der Waals surface area (Å²) in [5, 5.41) is 20.2. The minimum Gasteiger partial charge on any atom is -0.420 e. The maximum Gasteiger partial charge on any atom is 0.247 e. The number of piperidine rings is 1. The lowest BCUT2D eigenvalue weighted by Gasteiger charge is -2.18. The first kappa shape index (κ1) is 20.0. The van der Waals surface area contributed by atoms with Crippen LogP contribution in [0.25, 0.3) is 44.6 Å². The molecule has 0 bridgehead atoms. The van der Waals surface area contributed by atoms with Gasteiger partial charge >= 0.3 is 0 Å². The van der Waals surface area contributed by atoms with E-state index < -0.39 is 6.43 Å². The van der Waals surface area contributed by atoms with Crippen LogP contribution in [0.4, 0.5) is 8.78 Å². The van der Waals surface area contributed by atoms with E-state index in [0.717, 1.165) is 42.4 Å². The third-order valence-electron chi connectivity index (χ3n) is 6.22. The van der Waals surface area contributed by atoms with Gasteiger partial charge in [0.1, 0.15) is 0 Å². The lowest BCUT2D eigenvalue weighted by atomic mass is 10.00. The van der Waals surface area contributed by atoms with Gasteiger partial charge in [0, 0.05) is 52.5 Å². The van der Waals surface area contributed by atoms with E-state index in [4.69, 9.17) is 4.42 Å². The molecule has 10 heteroatoms. The molecule has 1 aliphatic heterocycles. The molecule has 1 fully saturated rings. The third-order valence-corrected chi connectivity index (χ3v) is 6.22. The predicted molar refractivity (Wildman–Crippen MR) is 119 cm³/mol. The van der Waals surface area contributed by atoms with Gasteiger partial charge in [-0.15, -0.1) is 10.2 Å². The number of halogens is 2. The fourth-order valence-corrected chi connectivity index (χ4v) is 4.62. The van der Waals surface area contributed by atoms with E-state index in [1.165, 1.54) is 0 Å². The van der Waals surface area contributed by atoms with Gasteiger partial charge in [0.2, 0.25) is 18.2 Å². The fraction of sp³-hybridized carbons (Fsp3) is 0.304. The van der Waals surface area contributed by atoms with Gasteiger partial charge in [0.15, 0.2) is 5.65 Å². The number of fused-ring (bicyclic) bond motifs is 2. The third kappa shape index (κ3) is 3.56. The highest BCUT2D eigenvalue weighted by molar-refractivity contribution is 5.99. The molecule has 0 amide bonds. The summed E-state index contributed by atoms with van der Waals surface area (Å²) in [4.78, 5) is 7.58. The van der Waals surface area contributed by atoms with Crippen LogP contribution in [0.5, 0.6) is 0 Å². The first-order valence-electron chi connectivity index (χ1n) is 10.9. The number of nitrogens with one attached hydrogen (secondary N) is 3. The predicted octanol–water partition coefficient (Wildman–Crippen LogP) is 4.43. The molecule has 6 rings (SSSR count). The van der Waals surface area contributed by atoms with Gasteiger partial charge in [-0.05, 0) is 49.2 Å². The van der Waals surface area contributed by atoms with Crippen LogP contribution in [0.2, 0.25) is 0 Å². The van der Waals surface area contributed by atoms with Crippen LogP contribution in [0.3, 0.4) is 0 Å². The van der Waals surface area contributed by atoms with Crippen molar-refractivity contribution < 1.29 is 13.2 Å². The fourth-order valence-electron chi connectivity index (χ4n) is 4.62. The van der Waals surface area contributed by atoms with Crippen molar-refractivity contribution in [2.75, 3.05) is 13.1 Å². The Balaban J connectivity index is 1.46. The highest BCUT2D eigenvalue weighted by atomic mass is 19.3. The summed E-state index contributed by atoms with van der Waals surface area (Å²) in [5.74, 6) is 1.20. The van der Waals surface area contributed by atoms with Crippen molar-refractivity contribution in [1.29, 1.82) is 0 Å². The zero-order valence-electron chi connectivity index (χ0n) is 17.6. The van der Waals surface area contributed by atoms with E-state index in [1.54, 1.807) is 18.5 Å². The Hall–Kier alpha value is -3.66. The van der Waals surface area contributed by atoms with E-state index in [9.17, 15) is 8.78 Å². The van der Waals surface area contributed by atoms with Gasteiger partial charge in [-0.25, -0.2) is 13.8 Å². The molecule has 8 nitrogen and oxygen atoms in total. The van der Waals surface area contributed by atoms with Crippen molar-refractivity contribution in [3.8, 4) is 22.7 Å². The number of pyridine rings is 1. The first-order valence-corrected chi connectivity index (χ1v) is 10.9. The van der Waals surface area contributed by atoms with E-state index in [-0.39, 0.29) is 12.3 Å². The second-order valence-electron chi connectivity index (χ2n) is 8.31. The van der Waals surface area contributed by atoms with Crippen molar-refractivity contribution in [3.05, 3.63) is 48.1 Å². The van der Waals surface area contributed by atoms with Crippen LogP contribution in [-0.4, -0.2) is 49.9 Å². The second-order valence-corrected chi connectivity index (χ2v) is 8.31. The van der Waals surface area contributed by atoms with Gasteiger partial charge in [-0.2, -0.15) is 5.10 Å². The number of aromatic amines is 2. The van der Waals surface area contributed by atoms with Crippen LogP contribution in [0.1, 0.15) is 30.2 Å². The molecular formula is C23H21F2N7O.